The lowest BCUT2D eigenvalue weighted by Crippen LogP contribution is -2.36. The van der Waals surface area contributed by atoms with Crippen molar-refractivity contribution in [1.82, 2.24) is 10.6 Å². The van der Waals surface area contributed by atoms with E-state index in [2.05, 4.69) is 42.0 Å². The predicted molar refractivity (Wildman–Crippen MR) is 85.6 cm³/mol. The van der Waals surface area contributed by atoms with Gasteiger partial charge in [-0.3, -0.25) is 0 Å². The number of amides is 2. The quantitative estimate of drug-likeness (QED) is 0.651. The van der Waals surface area contributed by atoms with Gasteiger partial charge in [0.1, 0.15) is 0 Å². The highest BCUT2D eigenvalue weighted by Gasteiger charge is 2.01. The zero-order valence-corrected chi connectivity index (χ0v) is 12.0. The van der Waals surface area contributed by atoms with Crippen LogP contribution in [0.15, 0.2) is 60.8 Å². The van der Waals surface area contributed by atoms with Crippen molar-refractivity contribution in [3.63, 3.8) is 0 Å². The molecule has 0 saturated carbocycles. The Hall–Kier alpha value is -2.03. The van der Waals surface area contributed by atoms with E-state index < -0.39 is 0 Å². The topological polar surface area (TPSA) is 41.1 Å². The molecule has 0 fully saturated rings. The zero-order chi connectivity index (χ0) is 14.6. The van der Waals surface area contributed by atoms with Crippen LogP contribution in [0.2, 0.25) is 0 Å². The molecular weight excluding hydrogens is 248 g/mol. The Balaban J connectivity index is 2.12. The first-order valence-corrected chi connectivity index (χ1v) is 7.07. The van der Waals surface area contributed by atoms with Gasteiger partial charge in [-0.25, -0.2) is 4.79 Å². The first-order chi connectivity index (χ1) is 9.76. The number of nitrogens with one attached hydrogen (secondary N) is 2. The number of carbonyl (C=O) groups excluding carboxylic acids is 1. The monoisotopic (exact) mass is 272 g/mol. The second-order valence-electron chi connectivity index (χ2n) is 4.62. The van der Waals surface area contributed by atoms with Crippen LogP contribution in [0, 0.1) is 0 Å². The van der Waals surface area contributed by atoms with E-state index in [0.717, 1.165) is 31.3 Å². The van der Waals surface area contributed by atoms with Gasteiger partial charge in [-0.2, -0.15) is 0 Å². The Morgan fingerprint density at radius 1 is 1.25 bits per heavy atom. The van der Waals surface area contributed by atoms with Gasteiger partial charge < -0.3 is 10.6 Å². The number of hydrogen-bond acceptors (Lipinski definition) is 1. The molecule has 3 nitrogen and oxygen atoms in total. The SMILES string of the molecule is C=C/C=C(\C=C)CCNC(=O)NCCC1=CCCC=C1. The minimum atomic E-state index is -0.118. The van der Waals surface area contributed by atoms with E-state index in [1.54, 1.807) is 12.2 Å². The summed E-state index contributed by atoms with van der Waals surface area (Å²) in [7, 11) is 0. The van der Waals surface area contributed by atoms with E-state index in [-0.39, 0.29) is 6.03 Å². The summed E-state index contributed by atoms with van der Waals surface area (Å²) in [6.07, 6.45) is 15.8. The number of hydrogen-bond donors (Lipinski definition) is 2. The molecule has 0 aromatic heterocycles. The summed E-state index contributed by atoms with van der Waals surface area (Å²) in [6, 6.07) is -0.118. The maximum Gasteiger partial charge on any atom is 0.314 e. The maximum absolute atomic E-state index is 11.6. The van der Waals surface area contributed by atoms with E-state index >= 15 is 0 Å². The third-order valence-corrected chi connectivity index (χ3v) is 3.06. The van der Waals surface area contributed by atoms with Crippen molar-refractivity contribution in [3.05, 3.63) is 60.8 Å². The molecule has 0 aliphatic heterocycles. The van der Waals surface area contributed by atoms with Crippen molar-refractivity contribution in [2.24, 2.45) is 0 Å². The van der Waals surface area contributed by atoms with Crippen molar-refractivity contribution in [1.29, 1.82) is 0 Å². The van der Waals surface area contributed by atoms with Crippen LogP contribution >= 0.6 is 0 Å². The summed E-state index contributed by atoms with van der Waals surface area (Å²) in [5, 5.41) is 5.70. The minimum Gasteiger partial charge on any atom is -0.338 e. The molecule has 0 radical (unpaired) electrons. The van der Waals surface area contributed by atoms with Crippen LogP contribution in [0.25, 0.3) is 0 Å². The lowest BCUT2D eigenvalue weighted by Gasteiger charge is -2.09. The van der Waals surface area contributed by atoms with E-state index in [4.69, 9.17) is 0 Å². The van der Waals surface area contributed by atoms with Crippen molar-refractivity contribution >= 4 is 6.03 Å². The van der Waals surface area contributed by atoms with Crippen molar-refractivity contribution in [2.45, 2.75) is 25.7 Å². The van der Waals surface area contributed by atoms with Crippen LogP contribution in [0.5, 0.6) is 0 Å². The normalized spacial score (nSPS) is 14.4. The molecule has 108 valence electrons. The second kappa shape index (κ2) is 9.84. The third-order valence-electron chi connectivity index (χ3n) is 3.06. The third kappa shape index (κ3) is 6.78. The number of urea groups is 1. The van der Waals surface area contributed by atoms with Crippen LogP contribution < -0.4 is 10.6 Å². The number of allylic oxidation sites excluding steroid dienone is 6. The first kappa shape index (κ1) is 16.0. The lowest BCUT2D eigenvalue weighted by molar-refractivity contribution is 0.241. The van der Waals surface area contributed by atoms with Crippen LogP contribution in [0.3, 0.4) is 0 Å². The molecule has 0 spiro atoms. The average Bonchev–Trinajstić information content (AvgIpc) is 2.47. The van der Waals surface area contributed by atoms with Crippen LogP contribution in [0.4, 0.5) is 4.79 Å². The smallest absolute Gasteiger partial charge is 0.314 e. The minimum absolute atomic E-state index is 0.118. The van der Waals surface area contributed by atoms with Crippen LogP contribution in [-0.2, 0) is 0 Å². The summed E-state index contributed by atoms with van der Waals surface area (Å²) < 4.78 is 0. The fraction of sp³-hybridized carbons (Fsp3) is 0.353. The standard InChI is InChI=1S/C17H24N2O/c1-3-8-15(4-2)11-13-18-17(20)19-14-12-16-9-6-5-7-10-16/h3-4,6,8-10H,1-2,5,7,11-14H2,(H2,18,19,20)/b15-8+. The molecule has 3 heteroatoms. The van der Waals surface area contributed by atoms with Gasteiger partial charge >= 0.3 is 6.03 Å². The van der Waals surface area contributed by atoms with E-state index in [1.165, 1.54) is 5.57 Å². The van der Waals surface area contributed by atoms with Gasteiger partial charge in [0.2, 0.25) is 0 Å². The highest BCUT2D eigenvalue weighted by atomic mass is 16.2. The van der Waals surface area contributed by atoms with E-state index in [0.29, 0.717) is 13.1 Å². The zero-order valence-electron chi connectivity index (χ0n) is 12.0. The summed E-state index contributed by atoms with van der Waals surface area (Å²) in [5.74, 6) is 0. The first-order valence-electron chi connectivity index (χ1n) is 7.07. The molecule has 0 heterocycles. The highest BCUT2D eigenvalue weighted by Crippen LogP contribution is 2.11. The number of rotatable bonds is 8. The maximum atomic E-state index is 11.6. The molecule has 2 N–H and O–H groups in total. The average molecular weight is 272 g/mol. The molecule has 0 aromatic rings. The Bertz CT molecular complexity index is 430. The van der Waals surface area contributed by atoms with Crippen molar-refractivity contribution in [2.75, 3.05) is 13.1 Å². The predicted octanol–water partition coefficient (Wildman–Crippen LogP) is 3.64. The fourth-order valence-electron chi connectivity index (χ4n) is 1.96. The van der Waals surface area contributed by atoms with Gasteiger partial charge in [0.05, 0.1) is 0 Å². The van der Waals surface area contributed by atoms with Gasteiger partial charge in [-0.05, 0) is 31.3 Å². The summed E-state index contributed by atoms with van der Waals surface area (Å²) in [6.45, 7) is 8.63. The van der Waals surface area contributed by atoms with Gasteiger partial charge in [0.25, 0.3) is 0 Å². The van der Waals surface area contributed by atoms with Crippen molar-refractivity contribution in [3.8, 4) is 0 Å². The Labute approximate surface area is 121 Å². The molecule has 0 atom stereocenters. The largest absolute Gasteiger partial charge is 0.338 e. The fourth-order valence-corrected chi connectivity index (χ4v) is 1.96. The summed E-state index contributed by atoms with van der Waals surface area (Å²) in [4.78, 5) is 11.6. The summed E-state index contributed by atoms with van der Waals surface area (Å²) >= 11 is 0. The molecule has 0 aromatic carbocycles. The van der Waals surface area contributed by atoms with Gasteiger partial charge in [-0.1, -0.05) is 55.2 Å². The molecule has 1 rings (SSSR count). The molecule has 2 amide bonds. The Morgan fingerprint density at radius 2 is 2.05 bits per heavy atom. The molecule has 20 heavy (non-hydrogen) atoms. The number of carbonyl (C=O) groups is 1. The van der Waals surface area contributed by atoms with E-state index in [1.807, 2.05) is 6.08 Å². The van der Waals surface area contributed by atoms with Gasteiger partial charge in [0, 0.05) is 13.1 Å². The van der Waals surface area contributed by atoms with Gasteiger partial charge in [-0.15, -0.1) is 0 Å². The van der Waals surface area contributed by atoms with Crippen LogP contribution in [0.1, 0.15) is 25.7 Å². The summed E-state index contributed by atoms with van der Waals surface area (Å²) in [5.41, 5.74) is 2.37. The van der Waals surface area contributed by atoms with Gasteiger partial charge in [0.15, 0.2) is 0 Å². The molecule has 0 bridgehead atoms. The lowest BCUT2D eigenvalue weighted by atomic mass is 10.0. The Kier molecular flexibility index (Phi) is 7.89. The highest BCUT2D eigenvalue weighted by molar-refractivity contribution is 5.73. The second-order valence-corrected chi connectivity index (χ2v) is 4.62. The molecule has 0 saturated heterocycles. The molecular formula is C17H24N2O. The molecule has 1 aliphatic carbocycles. The van der Waals surface area contributed by atoms with E-state index in [9.17, 15) is 4.79 Å². The van der Waals surface area contributed by atoms with Crippen molar-refractivity contribution < 1.29 is 4.79 Å². The van der Waals surface area contributed by atoms with Crippen LogP contribution in [-0.4, -0.2) is 19.1 Å². The Morgan fingerprint density at radius 3 is 2.70 bits per heavy atom. The molecule has 1 aliphatic rings. The molecule has 0 unspecified atom stereocenters.